The summed E-state index contributed by atoms with van der Waals surface area (Å²) in [5, 5.41) is 2.59. The number of halogens is 1. The molecule has 140 valence electrons. The molecular formula is C20H18FNO5. The number of hydrogen-bond donors (Lipinski definition) is 1. The highest BCUT2D eigenvalue weighted by Crippen LogP contribution is 2.31. The molecule has 1 N–H and O–H groups in total. The number of carbonyl (C=O) groups is 2. The second kappa shape index (κ2) is 8.84. The summed E-state index contributed by atoms with van der Waals surface area (Å²) in [6.45, 7) is 0.822. The molecule has 6 nitrogen and oxygen atoms in total. The first kappa shape index (κ1) is 18.4. The van der Waals surface area contributed by atoms with Crippen LogP contribution in [-0.4, -0.2) is 31.7 Å². The summed E-state index contributed by atoms with van der Waals surface area (Å²) in [7, 11) is 0. The molecule has 2 aromatic carbocycles. The van der Waals surface area contributed by atoms with Gasteiger partial charge in [-0.05, 0) is 41.5 Å². The van der Waals surface area contributed by atoms with Gasteiger partial charge in [-0.3, -0.25) is 4.79 Å². The fourth-order valence-corrected chi connectivity index (χ4v) is 2.37. The minimum Gasteiger partial charge on any atom is -0.486 e. The minimum atomic E-state index is -0.637. The Kier molecular flexibility index (Phi) is 6.04. The summed E-state index contributed by atoms with van der Waals surface area (Å²) in [4.78, 5) is 23.4. The summed E-state index contributed by atoms with van der Waals surface area (Å²) in [5.74, 6) is -0.137. The van der Waals surface area contributed by atoms with Crippen molar-refractivity contribution in [3.05, 3.63) is 65.5 Å². The lowest BCUT2D eigenvalue weighted by molar-refractivity contribution is -0.143. The predicted octanol–water partition coefficient (Wildman–Crippen LogP) is 2.47. The summed E-state index contributed by atoms with van der Waals surface area (Å²) in [6, 6.07) is 11.1. The highest BCUT2D eigenvalue weighted by molar-refractivity contribution is 5.89. The van der Waals surface area contributed by atoms with Gasteiger partial charge in [0.05, 0.1) is 0 Å². The normalized spacial score (nSPS) is 12.6. The van der Waals surface area contributed by atoms with Crippen molar-refractivity contribution in [1.82, 2.24) is 5.32 Å². The second-order valence-electron chi connectivity index (χ2n) is 5.75. The van der Waals surface area contributed by atoms with Gasteiger partial charge in [0.2, 0.25) is 0 Å². The van der Waals surface area contributed by atoms with Crippen LogP contribution in [0.3, 0.4) is 0 Å². The third kappa shape index (κ3) is 5.57. The fraction of sp³-hybridized carbons (Fsp3) is 0.200. The zero-order valence-electron chi connectivity index (χ0n) is 14.4. The van der Waals surface area contributed by atoms with Crippen molar-refractivity contribution in [1.29, 1.82) is 0 Å². The van der Waals surface area contributed by atoms with E-state index in [9.17, 15) is 14.0 Å². The van der Waals surface area contributed by atoms with Crippen LogP contribution in [0.5, 0.6) is 11.5 Å². The molecule has 3 rings (SSSR count). The average Bonchev–Trinajstić information content (AvgIpc) is 2.70. The molecule has 0 fully saturated rings. The van der Waals surface area contributed by atoms with Gasteiger partial charge < -0.3 is 19.5 Å². The van der Waals surface area contributed by atoms with Gasteiger partial charge in [0.15, 0.2) is 18.1 Å². The zero-order chi connectivity index (χ0) is 19.1. The lowest BCUT2D eigenvalue weighted by Gasteiger charge is -2.18. The van der Waals surface area contributed by atoms with Crippen molar-refractivity contribution in [2.75, 3.05) is 19.8 Å². The number of fused-ring (bicyclic) bond motifs is 1. The van der Waals surface area contributed by atoms with Crippen LogP contribution < -0.4 is 14.8 Å². The molecule has 1 aliphatic heterocycles. The first-order valence-corrected chi connectivity index (χ1v) is 8.36. The van der Waals surface area contributed by atoms with E-state index >= 15 is 0 Å². The van der Waals surface area contributed by atoms with Gasteiger partial charge in [0.1, 0.15) is 19.0 Å². The van der Waals surface area contributed by atoms with Gasteiger partial charge in [-0.15, -0.1) is 0 Å². The Morgan fingerprint density at radius 1 is 1.07 bits per heavy atom. The lowest BCUT2D eigenvalue weighted by atomic mass is 10.2. The van der Waals surface area contributed by atoms with Crippen molar-refractivity contribution in [3.63, 3.8) is 0 Å². The highest BCUT2D eigenvalue weighted by Gasteiger charge is 2.11. The zero-order valence-corrected chi connectivity index (χ0v) is 14.4. The standard InChI is InChI=1S/C20H18FNO5/c21-16-5-1-15(2-6-16)12-22-19(23)13-27-20(24)8-4-14-3-7-17-18(11-14)26-10-9-25-17/h1-8,11H,9-10,12-13H2,(H,22,23)/b8-4+. The van der Waals surface area contributed by atoms with Crippen LogP contribution >= 0.6 is 0 Å². The fourth-order valence-electron chi connectivity index (χ4n) is 2.37. The van der Waals surface area contributed by atoms with E-state index in [0.29, 0.717) is 24.7 Å². The van der Waals surface area contributed by atoms with Gasteiger partial charge in [0, 0.05) is 12.6 Å². The van der Waals surface area contributed by atoms with Crippen LogP contribution in [-0.2, 0) is 20.9 Å². The highest BCUT2D eigenvalue weighted by atomic mass is 19.1. The molecule has 7 heteroatoms. The lowest BCUT2D eigenvalue weighted by Crippen LogP contribution is -2.28. The maximum absolute atomic E-state index is 12.8. The Labute approximate surface area is 155 Å². The number of benzene rings is 2. The first-order chi connectivity index (χ1) is 13.1. The Balaban J connectivity index is 1.43. The summed E-state index contributed by atoms with van der Waals surface area (Å²) < 4.78 is 28.6. The number of esters is 1. The molecule has 27 heavy (non-hydrogen) atoms. The number of hydrogen-bond acceptors (Lipinski definition) is 5. The van der Waals surface area contributed by atoms with E-state index in [0.717, 1.165) is 11.1 Å². The van der Waals surface area contributed by atoms with Crippen LogP contribution in [0.4, 0.5) is 4.39 Å². The van der Waals surface area contributed by atoms with Crippen molar-refractivity contribution < 1.29 is 28.2 Å². The SMILES string of the molecule is O=C(COC(=O)/C=C/c1ccc2c(c1)OCCO2)NCc1ccc(F)cc1. The Morgan fingerprint density at radius 2 is 1.81 bits per heavy atom. The number of nitrogens with one attached hydrogen (secondary N) is 1. The van der Waals surface area contributed by atoms with Gasteiger partial charge in [-0.2, -0.15) is 0 Å². The Morgan fingerprint density at radius 3 is 2.59 bits per heavy atom. The van der Waals surface area contributed by atoms with E-state index in [1.807, 2.05) is 0 Å². The molecule has 0 spiro atoms. The third-order valence-corrected chi connectivity index (χ3v) is 3.73. The number of carbonyl (C=O) groups excluding carboxylic acids is 2. The van der Waals surface area contributed by atoms with Crippen LogP contribution in [0.25, 0.3) is 6.08 Å². The van der Waals surface area contributed by atoms with Gasteiger partial charge in [-0.1, -0.05) is 18.2 Å². The molecule has 0 saturated carbocycles. The van der Waals surface area contributed by atoms with Crippen LogP contribution in [0.15, 0.2) is 48.5 Å². The monoisotopic (exact) mass is 371 g/mol. The molecule has 0 aromatic heterocycles. The molecule has 0 atom stereocenters. The minimum absolute atomic E-state index is 0.226. The number of amides is 1. The maximum Gasteiger partial charge on any atom is 0.331 e. The molecule has 2 aromatic rings. The van der Waals surface area contributed by atoms with Crippen molar-refractivity contribution in [2.45, 2.75) is 6.54 Å². The smallest absolute Gasteiger partial charge is 0.331 e. The van der Waals surface area contributed by atoms with E-state index in [2.05, 4.69) is 5.32 Å². The predicted molar refractivity (Wildman–Crippen MR) is 95.7 cm³/mol. The third-order valence-electron chi connectivity index (χ3n) is 3.73. The van der Waals surface area contributed by atoms with Gasteiger partial charge in [-0.25, -0.2) is 9.18 Å². The topological polar surface area (TPSA) is 73.9 Å². The molecule has 0 aliphatic carbocycles. The number of ether oxygens (including phenoxy) is 3. The van der Waals surface area contributed by atoms with Gasteiger partial charge >= 0.3 is 5.97 Å². The van der Waals surface area contributed by atoms with E-state index < -0.39 is 18.5 Å². The van der Waals surface area contributed by atoms with E-state index in [1.54, 1.807) is 36.4 Å². The maximum atomic E-state index is 12.8. The molecule has 0 unspecified atom stereocenters. The van der Waals surface area contributed by atoms with Crippen molar-refractivity contribution >= 4 is 18.0 Å². The van der Waals surface area contributed by atoms with Crippen LogP contribution in [0.2, 0.25) is 0 Å². The number of rotatable bonds is 6. The molecule has 0 radical (unpaired) electrons. The molecule has 1 heterocycles. The Hall–Kier alpha value is -3.35. The molecule has 1 amide bonds. The van der Waals surface area contributed by atoms with E-state index in [1.165, 1.54) is 18.2 Å². The molecule has 0 saturated heterocycles. The average molecular weight is 371 g/mol. The molecular weight excluding hydrogens is 353 g/mol. The first-order valence-electron chi connectivity index (χ1n) is 8.36. The van der Waals surface area contributed by atoms with E-state index in [4.69, 9.17) is 14.2 Å². The molecule has 0 bridgehead atoms. The summed E-state index contributed by atoms with van der Waals surface area (Å²) >= 11 is 0. The summed E-state index contributed by atoms with van der Waals surface area (Å²) in [5.41, 5.74) is 1.49. The van der Waals surface area contributed by atoms with E-state index in [-0.39, 0.29) is 12.4 Å². The quantitative estimate of drug-likeness (QED) is 0.624. The Bertz CT molecular complexity index is 848. The van der Waals surface area contributed by atoms with Crippen LogP contribution in [0.1, 0.15) is 11.1 Å². The van der Waals surface area contributed by atoms with Crippen molar-refractivity contribution in [3.8, 4) is 11.5 Å². The van der Waals surface area contributed by atoms with Gasteiger partial charge in [0.25, 0.3) is 5.91 Å². The van der Waals surface area contributed by atoms with Crippen LogP contribution in [0, 0.1) is 5.82 Å². The van der Waals surface area contributed by atoms with Crippen molar-refractivity contribution in [2.24, 2.45) is 0 Å². The second-order valence-corrected chi connectivity index (χ2v) is 5.75. The molecule has 1 aliphatic rings. The largest absolute Gasteiger partial charge is 0.486 e. The summed E-state index contributed by atoms with van der Waals surface area (Å²) in [6.07, 6.45) is 2.80.